The van der Waals surface area contributed by atoms with Crippen LogP contribution in [-0.2, 0) is 0 Å². The van der Waals surface area contributed by atoms with Crippen LogP contribution in [0, 0.1) is 30.8 Å². The third-order valence-corrected chi connectivity index (χ3v) is 1.66. The molecule has 0 aromatic carbocycles. The predicted molar refractivity (Wildman–Crippen MR) is 40.6 cm³/mol. The quantitative estimate of drug-likeness (QED) is 0.397. The summed E-state index contributed by atoms with van der Waals surface area (Å²) in [5, 5.41) is 0. The number of hydrogen-bond donors (Lipinski definition) is 0. The zero-order chi connectivity index (χ0) is 7.28. The van der Waals surface area contributed by atoms with E-state index in [0.717, 1.165) is 6.42 Å². The van der Waals surface area contributed by atoms with Crippen molar-refractivity contribution in [3.05, 3.63) is 12.7 Å². The minimum Gasteiger partial charge on any atom is -0.517 e. The van der Waals surface area contributed by atoms with Crippen molar-refractivity contribution in [1.82, 2.24) is 0 Å². The lowest BCUT2D eigenvalue weighted by molar-refractivity contribution is 0.495. The van der Waals surface area contributed by atoms with Gasteiger partial charge in [0.2, 0.25) is 0 Å². The Morgan fingerprint density at radius 1 is 1.78 bits per heavy atom. The van der Waals surface area contributed by atoms with Crippen molar-refractivity contribution in [3.63, 3.8) is 0 Å². The first kappa shape index (κ1) is 8.30. The Bertz CT molecular complexity index is 116. The lowest BCUT2D eigenvalue weighted by Crippen LogP contribution is -2.04. The molecule has 0 N–H and O–H groups in total. The fourth-order valence-electron chi connectivity index (χ4n) is 0.663. The van der Waals surface area contributed by atoms with Crippen molar-refractivity contribution in [1.29, 1.82) is 0 Å². The average Bonchev–Trinajstić information content (AvgIpc) is 1.90. The van der Waals surface area contributed by atoms with Crippen molar-refractivity contribution >= 4 is 0 Å². The van der Waals surface area contributed by atoms with Crippen LogP contribution in [0.5, 0.6) is 0 Å². The molecular weight excluding hydrogens is 108 g/mol. The third-order valence-electron chi connectivity index (χ3n) is 1.66. The van der Waals surface area contributed by atoms with E-state index in [-0.39, 0.29) is 5.92 Å². The Balaban J connectivity index is 3.82. The second kappa shape index (κ2) is 4.21. The standard InChI is InChI=1S/C9H13/c1-5-8(4)9(6-2)7-3/h2-3,6,8-9H,5H2,1,4H3/q-1. The molecule has 2 unspecified atom stereocenters. The van der Waals surface area contributed by atoms with E-state index in [1.54, 1.807) is 6.08 Å². The van der Waals surface area contributed by atoms with Gasteiger partial charge in [0.1, 0.15) is 0 Å². The second-order valence-electron chi connectivity index (χ2n) is 2.27. The van der Waals surface area contributed by atoms with Gasteiger partial charge in [0.05, 0.1) is 0 Å². The molecule has 0 aliphatic heterocycles. The van der Waals surface area contributed by atoms with E-state index in [0.29, 0.717) is 5.92 Å². The van der Waals surface area contributed by atoms with Gasteiger partial charge in [0.25, 0.3) is 0 Å². The van der Waals surface area contributed by atoms with Crippen LogP contribution in [0.2, 0.25) is 0 Å². The largest absolute Gasteiger partial charge is 0.517 e. The summed E-state index contributed by atoms with van der Waals surface area (Å²) in [6.07, 6.45) is 7.88. The normalized spacial score (nSPS) is 15.7. The maximum absolute atomic E-state index is 5.29. The average molecular weight is 121 g/mol. The fraction of sp³-hybridized carbons (Fsp3) is 0.556. The van der Waals surface area contributed by atoms with E-state index in [9.17, 15) is 0 Å². The fourth-order valence-corrected chi connectivity index (χ4v) is 0.663. The highest BCUT2D eigenvalue weighted by Gasteiger charge is 2.04. The lowest BCUT2D eigenvalue weighted by Gasteiger charge is -2.14. The molecule has 0 amide bonds. The summed E-state index contributed by atoms with van der Waals surface area (Å²) in [6.45, 7) is 9.51. The molecule has 0 rings (SSSR count). The topological polar surface area (TPSA) is 0 Å². The van der Waals surface area contributed by atoms with Gasteiger partial charge < -0.3 is 6.58 Å². The van der Waals surface area contributed by atoms with Gasteiger partial charge in [-0.25, -0.2) is 0 Å². The monoisotopic (exact) mass is 121 g/mol. The van der Waals surface area contributed by atoms with Crippen molar-refractivity contribution in [2.75, 3.05) is 0 Å². The minimum atomic E-state index is 0.148. The molecule has 0 saturated heterocycles. The van der Waals surface area contributed by atoms with Crippen molar-refractivity contribution in [2.24, 2.45) is 11.8 Å². The zero-order valence-corrected chi connectivity index (χ0v) is 6.09. The summed E-state index contributed by atoms with van der Waals surface area (Å²) in [5.41, 5.74) is 0. The molecule has 0 aromatic rings. The molecule has 0 heteroatoms. The molecule has 0 aliphatic rings. The van der Waals surface area contributed by atoms with Gasteiger partial charge in [-0.1, -0.05) is 20.3 Å². The molecule has 0 radical (unpaired) electrons. The van der Waals surface area contributed by atoms with Crippen molar-refractivity contribution < 1.29 is 0 Å². The summed E-state index contributed by atoms with van der Waals surface area (Å²) in [4.78, 5) is 0. The van der Waals surface area contributed by atoms with Gasteiger partial charge in [-0.3, -0.25) is 6.08 Å². The van der Waals surface area contributed by atoms with Crippen LogP contribution in [0.4, 0.5) is 0 Å². The second-order valence-corrected chi connectivity index (χ2v) is 2.27. The predicted octanol–water partition coefficient (Wildman–Crippen LogP) is 2.27. The Hall–Kier alpha value is -0.700. The molecule has 0 spiro atoms. The molecule has 0 heterocycles. The van der Waals surface area contributed by atoms with Gasteiger partial charge >= 0.3 is 0 Å². The van der Waals surface area contributed by atoms with Crippen LogP contribution in [0.1, 0.15) is 20.3 Å². The van der Waals surface area contributed by atoms with Gasteiger partial charge in [-0.15, -0.1) is 12.3 Å². The molecule has 2 atom stereocenters. The van der Waals surface area contributed by atoms with E-state index in [1.165, 1.54) is 0 Å². The zero-order valence-electron chi connectivity index (χ0n) is 6.09. The summed E-state index contributed by atoms with van der Waals surface area (Å²) >= 11 is 0. The summed E-state index contributed by atoms with van der Waals surface area (Å²) in [7, 11) is 0. The maximum atomic E-state index is 5.29. The lowest BCUT2D eigenvalue weighted by atomic mass is 9.93. The van der Waals surface area contributed by atoms with Crippen LogP contribution in [0.3, 0.4) is 0 Å². The van der Waals surface area contributed by atoms with E-state index < -0.39 is 0 Å². The highest BCUT2D eigenvalue weighted by molar-refractivity contribution is 5.02. The Morgan fingerprint density at radius 2 is 2.33 bits per heavy atom. The molecule has 50 valence electrons. The maximum Gasteiger partial charge on any atom is 0.00877 e. The molecule has 0 bridgehead atoms. The number of terminal acetylenes is 1. The van der Waals surface area contributed by atoms with Crippen LogP contribution >= 0.6 is 0 Å². The molecule has 0 aliphatic carbocycles. The smallest absolute Gasteiger partial charge is 0.00877 e. The van der Waals surface area contributed by atoms with E-state index in [2.05, 4.69) is 19.8 Å². The first-order chi connectivity index (χ1) is 4.26. The van der Waals surface area contributed by atoms with Crippen LogP contribution in [-0.4, -0.2) is 0 Å². The van der Waals surface area contributed by atoms with Crippen LogP contribution in [0.15, 0.2) is 6.08 Å². The summed E-state index contributed by atoms with van der Waals surface area (Å²) in [6, 6.07) is 0. The van der Waals surface area contributed by atoms with Gasteiger partial charge in [-0.05, 0) is 5.92 Å². The molecule has 0 saturated carbocycles. The molecule has 0 fully saturated rings. The Kier molecular flexibility index (Phi) is 3.88. The highest BCUT2D eigenvalue weighted by Crippen LogP contribution is 2.14. The van der Waals surface area contributed by atoms with E-state index in [1.807, 2.05) is 0 Å². The van der Waals surface area contributed by atoms with Gasteiger partial charge in [0, 0.05) is 5.92 Å². The summed E-state index contributed by atoms with van der Waals surface area (Å²) in [5.74, 6) is 3.28. The molecule has 0 aromatic heterocycles. The minimum absolute atomic E-state index is 0.148. The SMILES string of the molecule is C#CC(C=[CH-])C(C)CC. The molecule has 0 nitrogen and oxygen atoms in total. The Morgan fingerprint density at radius 3 is 2.44 bits per heavy atom. The van der Waals surface area contributed by atoms with Gasteiger partial charge in [-0.2, -0.15) is 0 Å². The van der Waals surface area contributed by atoms with Crippen LogP contribution in [0.25, 0.3) is 0 Å². The number of rotatable bonds is 3. The molecule has 9 heavy (non-hydrogen) atoms. The first-order valence-corrected chi connectivity index (χ1v) is 3.27. The van der Waals surface area contributed by atoms with Crippen molar-refractivity contribution in [2.45, 2.75) is 20.3 Å². The van der Waals surface area contributed by atoms with E-state index in [4.69, 9.17) is 13.0 Å². The van der Waals surface area contributed by atoms with Crippen molar-refractivity contribution in [3.8, 4) is 12.3 Å². The number of allylic oxidation sites excluding steroid dienone is 1. The Labute approximate surface area is 58.0 Å². The van der Waals surface area contributed by atoms with Crippen LogP contribution < -0.4 is 0 Å². The van der Waals surface area contributed by atoms with E-state index >= 15 is 0 Å². The molecular formula is C9H13-. The first-order valence-electron chi connectivity index (χ1n) is 3.27. The third kappa shape index (κ3) is 2.37. The summed E-state index contributed by atoms with van der Waals surface area (Å²) < 4.78 is 0. The highest BCUT2D eigenvalue weighted by atomic mass is 14.1. The van der Waals surface area contributed by atoms with Gasteiger partial charge in [0.15, 0.2) is 0 Å². The number of hydrogen-bond acceptors (Lipinski definition) is 0.